The minimum atomic E-state index is -0.334. The minimum Gasteiger partial charge on any atom is -0.474 e. The second kappa shape index (κ2) is 8.19. The molecule has 3 aromatic rings. The van der Waals surface area contributed by atoms with Gasteiger partial charge in [-0.15, -0.1) is 0 Å². The number of piperazine rings is 1. The number of rotatable bonds is 4. The number of nitrogens with zero attached hydrogens (tertiary/aromatic N) is 5. The molecule has 0 unspecified atom stereocenters. The lowest BCUT2D eigenvalue weighted by Crippen LogP contribution is -2.57. The van der Waals surface area contributed by atoms with Crippen LogP contribution in [0, 0.1) is 0 Å². The third kappa shape index (κ3) is 3.66. The van der Waals surface area contributed by atoms with Gasteiger partial charge in [-0.1, -0.05) is 6.92 Å². The molecule has 5 rings (SSSR count). The largest absolute Gasteiger partial charge is 0.474 e. The summed E-state index contributed by atoms with van der Waals surface area (Å²) in [5.74, 6) is 0.230. The number of aromatic amines is 1. The molecule has 0 radical (unpaired) electrons. The van der Waals surface area contributed by atoms with Gasteiger partial charge in [-0.2, -0.15) is 4.98 Å². The zero-order valence-corrected chi connectivity index (χ0v) is 18.1. The van der Waals surface area contributed by atoms with E-state index < -0.39 is 0 Å². The first-order valence-electron chi connectivity index (χ1n) is 10.8. The van der Waals surface area contributed by atoms with Gasteiger partial charge in [0.1, 0.15) is 12.3 Å². The van der Waals surface area contributed by atoms with E-state index in [-0.39, 0.29) is 23.3 Å². The van der Waals surface area contributed by atoms with Gasteiger partial charge in [-0.05, 0) is 24.1 Å². The Morgan fingerprint density at radius 1 is 1.28 bits per heavy atom. The molecule has 10 nitrogen and oxygen atoms in total. The molecule has 0 aliphatic carbocycles. The van der Waals surface area contributed by atoms with Crippen LogP contribution in [0.1, 0.15) is 28.7 Å². The summed E-state index contributed by atoms with van der Waals surface area (Å²) in [6.45, 7) is 5.68. The summed E-state index contributed by atoms with van der Waals surface area (Å²) < 4.78 is 5.87. The molecule has 5 heterocycles. The number of nitrogens with one attached hydrogen (secondary N) is 2. The van der Waals surface area contributed by atoms with Gasteiger partial charge < -0.3 is 19.9 Å². The Balaban J connectivity index is 1.30. The molecule has 0 saturated carbocycles. The van der Waals surface area contributed by atoms with Crippen molar-refractivity contribution >= 4 is 22.6 Å². The second-order valence-electron chi connectivity index (χ2n) is 8.11. The zero-order valence-electron chi connectivity index (χ0n) is 18.1. The summed E-state index contributed by atoms with van der Waals surface area (Å²) in [6.07, 6.45) is 4.24. The summed E-state index contributed by atoms with van der Waals surface area (Å²) in [4.78, 5) is 44.5. The number of H-pyrrole nitrogens is 1. The van der Waals surface area contributed by atoms with E-state index in [1.807, 2.05) is 25.3 Å². The fraction of sp³-hybridized carbons (Fsp3) is 0.409. The van der Waals surface area contributed by atoms with E-state index in [0.717, 1.165) is 54.0 Å². The van der Waals surface area contributed by atoms with E-state index in [1.54, 1.807) is 13.2 Å². The summed E-state index contributed by atoms with van der Waals surface area (Å²) in [5, 5.41) is 2.53. The molecule has 3 aromatic heterocycles. The molecule has 166 valence electrons. The van der Waals surface area contributed by atoms with E-state index in [1.165, 1.54) is 0 Å². The SMILES string of the molecule is CCc1cc2ncc(CN3CCN4c5cnc(C(=O)NC)nc5OC[C@H]4C3)cc2[nH]c1=O. The highest BCUT2D eigenvalue weighted by molar-refractivity contribution is 5.90. The number of ether oxygens (including phenoxy) is 1. The number of carbonyl (C=O) groups excluding carboxylic acids is 1. The number of carbonyl (C=O) groups is 1. The number of anilines is 1. The predicted molar refractivity (Wildman–Crippen MR) is 119 cm³/mol. The monoisotopic (exact) mass is 435 g/mol. The van der Waals surface area contributed by atoms with E-state index in [0.29, 0.717) is 18.9 Å². The molecule has 10 heteroatoms. The van der Waals surface area contributed by atoms with Crippen molar-refractivity contribution < 1.29 is 9.53 Å². The summed E-state index contributed by atoms with van der Waals surface area (Å²) in [7, 11) is 1.55. The van der Waals surface area contributed by atoms with Gasteiger partial charge in [0.25, 0.3) is 11.5 Å². The zero-order chi connectivity index (χ0) is 22.2. The van der Waals surface area contributed by atoms with Crippen LogP contribution in [0.4, 0.5) is 5.69 Å². The smallest absolute Gasteiger partial charge is 0.288 e. The quantitative estimate of drug-likeness (QED) is 0.616. The van der Waals surface area contributed by atoms with Crippen LogP contribution in [0.5, 0.6) is 5.88 Å². The molecule has 0 spiro atoms. The molecular formula is C22H25N7O3. The number of aromatic nitrogens is 4. The summed E-state index contributed by atoms with van der Waals surface area (Å²) >= 11 is 0. The average molecular weight is 435 g/mol. The van der Waals surface area contributed by atoms with Crippen molar-refractivity contribution in [1.82, 2.24) is 30.2 Å². The van der Waals surface area contributed by atoms with Crippen LogP contribution in [0.2, 0.25) is 0 Å². The highest BCUT2D eigenvalue weighted by Gasteiger charge is 2.34. The van der Waals surface area contributed by atoms with Gasteiger partial charge in [0, 0.05) is 45.0 Å². The van der Waals surface area contributed by atoms with Crippen molar-refractivity contribution in [2.24, 2.45) is 0 Å². The predicted octanol–water partition coefficient (Wildman–Crippen LogP) is 0.718. The Kier molecular flexibility index (Phi) is 5.22. The second-order valence-corrected chi connectivity index (χ2v) is 8.11. The maximum atomic E-state index is 12.2. The third-order valence-electron chi connectivity index (χ3n) is 6.07. The number of hydrogen-bond donors (Lipinski definition) is 2. The lowest BCUT2D eigenvalue weighted by molar-refractivity contribution is 0.0950. The molecule has 1 atom stereocenters. The van der Waals surface area contributed by atoms with Crippen LogP contribution < -0.4 is 20.5 Å². The maximum absolute atomic E-state index is 12.2. The standard InChI is InChI=1S/C22H25N7O3/c1-3-14-7-16-17(26-20(14)30)6-13(8-24-16)10-28-4-5-29-15(11-28)12-32-22-18(29)9-25-19(27-22)21(31)23-2/h6-9,15H,3-5,10-12H2,1-2H3,(H,23,31)(H,26,30)/t15-/m1/s1. The van der Waals surface area contributed by atoms with Crippen LogP contribution in [-0.4, -0.2) is 70.1 Å². The van der Waals surface area contributed by atoms with Gasteiger partial charge in [0.2, 0.25) is 11.7 Å². The van der Waals surface area contributed by atoms with Gasteiger partial charge in [0.15, 0.2) is 0 Å². The minimum absolute atomic E-state index is 0.0487. The molecule has 0 bridgehead atoms. The maximum Gasteiger partial charge on any atom is 0.288 e. The van der Waals surface area contributed by atoms with E-state index >= 15 is 0 Å². The number of fused-ring (bicyclic) bond motifs is 4. The first kappa shape index (κ1) is 20.4. The molecule has 32 heavy (non-hydrogen) atoms. The molecule has 2 aliphatic heterocycles. The number of aryl methyl sites for hydroxylation is 1. The summed E-state index contributed by atoms with van der Waals surface area (Å²) in [6, 6.07) is 4.05. The topological polar surface area (TPSA) is 116 Å². The first-order chi connectivity index (χ1) is 15.6. The molecule has 1 amide bonds. The van der Waals surface area contributed by atoms with E-state index in [9.17, 15) is 9.59 Å². The lowest BCUT2D eigenvalue weighted by atomic mass is 10.1. The molecule has 1 fully saturated rings. The molecule has 1 saturated heterocycles. The summed E-state index contributed by atoms with van der Waals surface area (Å²) in [5.41, 5.74) is 4.16. The third-order valence-corrected chi connectivity index (χ3v) is 6.07. The van der Waals surface area contributed by atoms with Crippen molar-refractivity contribution in [3.8, 4) is 5.88 Å². The fourth-order valence-corrected chi connectivity index (χ4v) is 4.36. The first-order valence-corrected chi connectivity index (χ1v) is 10.8. The van der Waals surface area contributed by atoms with Gasteiger partial charge >= 0.3 is 0 Å². The van der Waals surface area contributed by atoms with E-state index in [2.05, 4.69) is 35.1 Å². The Morgan fingerprint density at radius 3 is 2.97 bits per heavy atom. The Morgan fingerprint density at radius 2 is 2.16 bits per heavy atom. The van der Waals surface area contributed by atoms with Crippen molar-refractivity contribution in [3.05, 3.63) is 51.8 Å². The highest BCUT2D eigenvalue weighted by atomic mass is 16.5. The number of amides is 1. The van der Waals surface area contributed by atoms with Gasteiger partial charge in [-0.25, -0.2) is 4.98 Å². The van der Waals surface area contributed by atoms with Crippen LogP contribution in [-0.2, 0) is 13.0 Å². The van der Waals surface area contributed by atoms with Crippen LogP contribution >= 0.6 is 0 Å². The molecule has 2 N–H and O–H groups in total. The van der Waals surface area contributed by atoms with Gasteiger partial charge in [-0.3, -0.25) is 19.5 Å². The number of hydrogen-bond acceptors (Lipinski definition) is 8. The van der Waals surface area contributed by atoms with Crippen LogP contribution in [0.15, 0.2) is 29.3 Å². The highest BCUT2D eigenvalue weighted by Crippen LogP contribution is 2.33. The van der Waals surface area contributed by atoms with Crippen molar-refractivity contribution in [2.75, 3.05) is 38.2 Å². The van der Waals surface area contributed by atoms with Crippen LogP contribution in [0.3, 0.4) is 0 Å². The van der Waals surface area contributed by atoms with Crippen molar-refractivity contribution in [3.63, 3.8) is 0 Å². The van der Waals surface area contributed by atoms with Crippen molar-refractivity contribution in [2.45, 2.75) is 25.9 Å². The Bertz CT molecular complexity index is 1240. The Labute approximate surface area is 184 Å². The molecule has 2 aliphatic rings. The van der Waals surface area contributed by atoms with Gasteiger partial charge in [0.05, 0.1) is 23.3 Å². The average Bonchev–Trinajstić information content (AvgIpc) is 2.82. The normalized spacial score (nSPS) is 18.1. The lowest BCUT2D eigenvalue weighted by Gasteiger charge is -2.44. The van der Waals surface area contributed by atoms with Crippen molar-refractivity contribution in [1.29, 1.82) is 0 Å². The van der Waals surface area contributed by atoms with E-state index in [4.69, 9.17) is 4.74 Å². The fourth-order valence-electron chi connectivity index (χ4n) is 4.36. The van der Waals surface area contributed by atoms with Crippen LogP contribution in [0.25, 0.3) is 11.0 Å². The number of pyridine rings is 2. The molecular weight excluding hydrogens is 410 g/mol. The Hall–Kier alpha value is -3.53. The molecule has 0 aromatic carbocycles.